The first-order chi connectivity index (χ1) is 15.2. The number of hydrogen-bond donors (Lipinski definition) is 2. The van der Waals surface area contributed by atoms with Crippen LogP contribution in [0.25, 0.3) is 0 Å². The lowest BCUT2D eigenvalue weighted by Crippen LogP contribution is -2.44. The Kier molecular flexibility index (Phi) is 7.12. The van der Waals surface area contributed by atoms with E-state index in [0.717, 1.165) is 76.7 Å². The van der Waals surface area contributed by atoms with Crippen LogP contribution in [0, 0.1) is 5.92 Å². The molecule has 4 rings (SSSR count). The van der Waals surface area contributed by atoms with E-state index >= 15 is 0 Å². The van der Waals surface area contributed by atoms with Gasteiger partial charge in [0.2, 0.25) is 10.0 Å². The molecule has 1 saturated heterocycles. The van der Waals surface area contributed by atoms with Crippen molar-refractivity contribution in [3.05, 3.63) is 28.3 Å². The highest BCUT2D eigenvalue weighted by atomic mass is 32.2. The van der Waals surface area contributed by atoms with Gasteiger partial charge in [0.15, 0.2) is 0 Å². The Hall–Kier alpha value is -1.64. The molecule has 0 aromatic heterocycles. The van der Waals surface area contributed by atoms with Gasteiger partial charge in [0, 0.05) is 18.3 Å². The van der Waals surface area contributed by atoms with E-state index < -0.39 is 16.1 Å². The van der Waals surface area contributed by atoms with Crippen LogP contribution in [0.4, 0.5) is 10.5 Å². The van der Waals surface area contributed by atoms with Crippen LogP contribution < -0.4 is 10.0 Å². The summed E-state index contributed by atoms with van der Waals surface area (Å²) < 4.78 is 27.7. The van der Waals surface area contributed by atoms with E-state index in [9.17, 15) is 13.2 Å². The van der Waals surface area contributed by atoms with E-state index in [1.165, 1.54) is 22.3 Å². The second kappa shape index (κ2) is 9.69. The molecule has 1 atom stereocenters. The fourth-order valence-corrected chi connectivity index (χ4v) is 7.05. The smallest absolute Gasteiger partial charge is 0.307 e. The van der Waals surface area contributed by atoms with Crippen LogP contribution in [-0.4, -0.2) is 69.8 Å². The lowest BCUT2D eigenvalue weighted by Gasteiger charge is -2.36. The summed E-state index contributed by atoms with van der Waals surface area (Å²) in [7, 11) is 0.530. The first kappa shape index (κ1) is 23.5. The number of carbonyl (C=O) groups excluding carboxylic acids is 1. The first-order valence-corrected chi connectivity index (χ1v) is 13.7. The van der Waals surface area contributed by atoms with Crippen LogP contribution in [0.3, 0.4) is 0 Å². The molecular formula is C24H38N4O3S. The van der Waals surface area contributed by atoms with Crippen molar-refractivity contribution in [1.82, 2.24) is 14.5 Å². The second-order valence-corrected chi connectivity index (χ2v) is 11.9. The quantitative estimate of drug-likeness (QED) is 0.651. The molecule has 0 saturated carbocycles. The van der Waals surface area contributed by atoms with Crippen molar-refractivity contribution in [2.24, 2.45) is 5.92 Å². The summed E-state index contributed by atoms with van der Waals surface area (Å²) in [6.07, 6.45) is 8.39. The molecule has 3 aliphatic rings. The van der Waals surface area contributed by atoms with Gasteiger partial charge < -0.3 is 15.1 Å². The van der Waals surface area contributed by atoms with Crippen molar-refractivity contribution in [2.45, 2.75) is 64.3 Å². The number of hydrogen-bond acceptors (Lipinski definition) is 5. The van der Waals surface area contributed by atoms with E-state index in [2.05, 4.69) is 40.0 Å². The largest absolute Gasteiger partial charge is 0.332 e. The summed E-state index contributed by atoms with van der Waals surface area (Å²) in [6.45, 7) is 4.67. The molecule has 0 spiro atoms. The molecule has 1 fully saturated rings. The Labute approximate surface area is 193 Å². The highest BCUT2D eigenvalue weighted by molar-refractivity contribution is 7.90. The zero-order chi connectivity index (χ0) is 22.9. The first-order valence-electron chi connectivity index (χ1n) is 12.1. The number of piperidine rings is 1. The Morgan fingerprint density at radius 2 is 1.69 bits per heavy atom. The van der Waals surface area contributed by atoms with Crippen LogP contribution in [0.15, 0.2) is 6.07 Å². The number of nitrogens with one attached hydrogen (secondary N) is 2. The number of nitrogens with zero attached hydrogens (tertiary/aromatic N) is 2. The van der Waals surface area contributed by atoms with Gasteiger partial charge in [-0.15, -0.1) is 0 Å². The lowest BCUT2D eigenvalue weighted by atomic mass is 9.99. The lowest BCUT2D eigenvalue weighted by molar-refractivity contribution is 0.135. The number of sulfonamides is 1. The van der Waals surface area contributed by atoms with Gasteiger partial charge in [-0.05, 0) is 107 Å². The Morgan fingerprint density at radius 1 is 1.09 bits per heavy atom. The zero-order valence-electron chi connectivity index (χ0n) is 19.7. The molecule has 1 heterocycles. The third kappa shape index (κ3) is 5.46. The number of urea groups is 1. The molecule has 0 radical (unpaired) electrons. The molecule has 2 amide bonds. The third-order valence-electron chi connectivity index (χ3n) is 7.32. The minimum Gasteiger partial charge on any atom is -0.307 e. The number of amides is 2. The van der Waals surface area contributed by atoms with Crippen molar-refractivity contribution < 1.29 is 13.2 Å². The molecule has 1 unspecified atom stereocenters. The summed E-state index contributed by atoms with van der Waals surface area (Å²) in [4.78, 5) is 17.3. The average molecular weight is 463 g/mol. The van der Waals surface area contributed by atoms with Gasteiger partial charge in [0.05, 0.1) is 5.75 Å². The maximum Gasteiger partial charge on any atom is 0.332 e. The summed E-state index contributed by atoms with van der Waals surface area (Å²) >= 11 is 0. The maximum absolute atomic E-state index is 12.7. The van der Waals surface area contributed by atoms with Gasteiger partial charge in [-0.1, -0.05) is 13.0 Å². The number of anilines is 1. The normalized spacial score (nSPS) is 20.2. The standard InChI is InChI=1S/C24H38N4O3S/c1-17(15-28-12-10-20(11-13-28)27(2)3)16-32(30,31)26-24(29)25-23-21-8-4-6-18(21)14-19-7-5-9-22(19)23/h14,17,20H,4-13,15-16H2,1-3H3,(H2,25,26,29). The average Bonchev–Trinajstić information content (AvgIpc) is 3.36. The topological polar surface area (TPSA) is 81.8 Å². The Balaban J connectivity index is 1.32. The van der Waals surface area contributed by atoms with E-state index in [-0.39, 0.29) is 11.7 Å². The monoisotopic (exact) mass is 462 g/mol. The van der Waals surface area contributed by atoms with E-state index in [0.29, 0.717) is 6.04 Å². The number of carbonyl (C=O) groups is 1. The SMILES string of the molecule is CC(CN1CCC(N(C)C)CC1)CS(=O)(=O)NC(=O)Nc1c2c(cc3c1CCC3)CCC2. The summed E-state index contributed by atoms with van der Waals surface area (Å²) in [6, 6.07) is 2.28. The molecule has 2 aliphatic carbocycles. The summed E-state index contributed by atoms with van der Waals surface area (Å²) in [5, 5.41) is 2.92. The van der Waals surface area contributed by atoms with Gasteiger partial charge >= 0.3 is 6.03 Å². The zero-order valence-corrected chi connectivity index (χ0v) is 20.6. The van der Waals surface area contributed by atoms with Crippen LogP contribution in [-0.2, 0) is 35.7 Å². The van der Waals surface area contributed by atoms with Crippen LogP contribution in [0.1, 0.15) is 54.9 Å². The van der Waals surface area contributed by atoms with Crippen LogP contribution >= 0.6 is 0 Å². The number of likely N-dealkylation sites (tertiary alicyclic amines) is 1. The van der Waals surface area contributed by atoms with Gasteiger partial charge in [-0.3, -0.25) is 0 Å². The third-order valence-corrected chi connectivity index (χ3v) is 8.83. The molecular weight excluding hydrogens is 424 g/mol. The summed E-state index contributed by atoms with van der Waals surface area (Å²) in [5.41, 5.74) is 5.91. The van der Waals surface area contributed by atoms with Crippen molar-refractivity contribution in [1.29, 1.82) is 0 Å². The minimum atomic E-state index is -3.70. The minimum absolute atomic E-state index is 0.0403. The maximum atomic E-state index is 12.7. The van der Waals surface area contributed by atoms with Gasteiger partial charge in [0.1, 0.15) is 0 Å². The van der Waals surface area contributed by atoms with E-state index in [1.54, 1.807) is 0 Å². The second-order valence-electron chi connectivity index (χ2n) is 10.2. The molecule has 2 N–H and O–H groups in total. The highest BCUT2D eigenvalue weighted by Crippen LogP contribution is 2.38. The Bertz CT molecular complexity index is 920. The number of fused-ring (bicyclic) bond motifs is 2. The number of aryl methyl sites for hydroxylation is 2. The highest BCUT2D eigenvalue weighted by Gasteiger charge is 2.27. The fourth-order valence-electron chi connectivity index (χ4n) is 5.78. The van der Waals surface area contributed by atoms with Crippen LogP contribution in [0.5, 0.6) is 0 Å². The predicted octanol–water partition coefficient (Wildman–Crippen LogP) is 2.78. The molecule has 178 valence electrons. The fraction of sp³-hybridized carbons (Fsp3) is 0.708. The van der Waals surface area contributed by atoms with E-state index in [1.807, 2.05) is 6.92 Å². The van der Waals surface area contributed by atoms with Crippen molar-refractivity contribution in [2.75, 3.05) is 44.8 Å². The van der Waals surface area contributed by atoms with Gasteiger partial charge in [-0.25, -0.2) is 17.9 Å². The Morgan fingerprint density at radius 3 is 2.25 bits per heavy atom. The molecule has 8 heteroatoms. The molecule has 7 nitrogen and oxygen atoms in total. The van der Waals surface area contributed by atoms with Gasteiger partial charge in [0.25, 0.3) is 0 Å². The van der Waals surface area contributed by atoms with Gasteiger partial charge in [-0.2, -0.15) is 0 Å². The molecule has 32 heavy (non-hydrogen) atoms. The predicted molar refractivity (Wildman–Crippen MR) is 129 cm³/mol. The molecule has 1 aromatic carbocycles. The van der Waals surface area contributed by atoms with Crippen molar-refractivity contribution >= 4 is 21.7 Å². The van der Waals surface area contributed by atoms with Crippen molar-refractivity contribution in [3.8, 4) is 0 Å². The number of benzene rings is 1. The molecule has 1 aromatic rings. The number of rotatable bonds is 7. The molecule has 0 bridgehead atoms. The van der Waals surface area contributed by atoms with E-state index in [4.69, 9.17) is 0 Å². The summed E-state index contributed by atoms with van der Waals surface area (Å²) in [5.74, 6) is -0.0830. The van der Waals surface area contributed by atoms with Crippen molar-refractivity contribution in [3.63, 3.8) is 0 Å². The van der Waals surface area contributed by atoms with Crippen LogP contribution in [0.2, 0.25) is 0 Å². The molecule has 1 aliphatic heterocycles.